The zero-order valence-corrected chi connectivity index (χ0v) is 12.1. The summed E-state index contributed by atoms with van der Waals surface area (Å²) in [5, 5.41) is 14.2. The Balaban J connectivity index is 0.00000200. The molecule has 0 bridgehead atoms. The summed E-state index contributed by atoms with van der Waals surface area (Å²) in [6.45, 7) is 1.56. The van der Waals surface area contributed by atoms with Crippen molar-refractivity contribution in [2.45, 2.75) is 38.1 Å². The number of nitrogens with one attached hydrogen (secondary N) is 1. The van der Waals surface area contributed by atoms with Crippen LogP contribution in [0.4, 0.5) is 5.69 Å². The molecule has 2 heterocycles. The summed E-state index contributed by atoms with van der Waals surface area (Å²) >= 11 is 0. The van der Waals surface area contributed by atoms with Crippen molar-refractivity contribution >= 4 is 18.1 Å². The lowest BCUT2D eigenvalue weighted by molar-refractivity contribution is -0.386. The van der Waals surface area contributed by atoms with Gasteiger partial charge in [-0.1, -0.05) is 6.42 Å². The molecule has 20 heavy (non-hydrogen) atoms. The number of nitrogens with zero attached hydrogens (tertiary/aromatic N) is 2. The summed E-state index contributed by atoms with van der Waals surface area (Å²) < 4.78 is 5.41. The van der Waals surface area contributed by atoms with Gasteiger partial charge in [0.2, 0.25) is 0 Å². The van der Waals surface area contributed by atoms with Crippen molar-refractivity contribution in [3.63, 3.8) is 0 Å². The third-order valence-electron chi connectivity index (χ3n) is 3.30. The molecule has 1 N–H and O–H groups in total. The lowest BCUT2D eigenvalue weighted by Crippen LogP contribution is -2.34. The van der Waals surface area contributed by atoms with Crippen molar-refractivity contribution < 1.29 is 9.66 Å². The highest BCUT2D eigenvalue weighted by Crippen LogP contribution is 2.23. The second kappa shape index (κ2) is 8.71. The number of rotatable bonds is 6. The van der Waals surface area contributed by atoms with E-state index in [1.54, 1.807) is 0 Å². The smallest absolute Gasteiger partial charge is 0.330 e. The second-order valence-electron chi connectivity index (χ2n) is 4.72. The van der Waals surface area contributed by atoms with E-state index in [1.165, 1.54) is 37.6 Å². The Hall–Kier alpha value is -1.40. The summed E-state index contributed by atoms with van der Waals surface area (Å²) in [7, 11) is 0. The van der Waals surface area contributed by atoms with Crippen molar-refractivity contribution in [2.24, 2.45) is 0 Å². The van der Waals surface area contributed by atoms with Gasteiger partial charge in [0.15, 0.2) is 0 Å². The van der Waals surface area contributed by atoms with E-state index in [-0.39, 0.29) is 24.0 Å². The SMILES string of the molecule is Cl.O=[N+]([O-])c1cccnc1OCCCC1CCCCN1. The number of pyridine rings is 1. The first kappa shape index (κ1) is 16.7. The second-order valence-corrected chi connectivity index (χ2v) is 4.72. The molecule has 0 radical (unpaired) electrons. The number of nitro groups is 1. The van der Waals surface area contributed by atoms with Crippen LogP contribution in [0.1, 0.15) is 32.1 Å². The third kappa shape index (κ3) is 4.94. The summed E-state index contributed by atoms with van der Waals surface area (Å²) in [4.78, 5) is 14.2. The zero-order chi connectivity index (χ0) is 13.5. The third-order valence-corrected chi connectivity index (χ3v) is 3.30. The molecule has 1 aliphatic heterocycles. The summed E-state index contributed by atoms with van der Waals surface area (Å²) in [5.74, 6) is 0.115. The minimum atomic E-state index is -0.467. The molecule has 1 atom stereocenters. The van der Waals surface area contributed by atoms with E-state index in [4.69, 9.17) is 4.74 Å². The quantitative estimate of drug-likeness (QED) is 0.496. The normalized spacial score (nSPS) is 18.1. The Bertz CT molecular complexity index is 425. The van der Waals surface area contributed by atoms with Gasteiger partial charge in [-0.2, -0.15) is 0 Å². The zero-order valence-electron chi connectivity index (χ0n) is 11.3. The topological polar surface area (TPSA) is 77.3 Å². The van der Waals surface area contributed by atoms with E-state index in [0.717, 1.165) is 19.4 Å². The van der Waals surface area contributed by atoms with Crippen molar-refractivity contribution in [1.29, 1.82) is 0 Å². The van der Waals surface area contributed by atoms with Crippen LogP contribution in [0.15, 0.2) is 18.3 Å². The van der Waals surface area contributed by atoms with Crippen LogP contribution in [0.2, 0.25) is 0 Å². The van der Waals surface area contributed by atoms with Crippen LogP contribution >= 0.6 is 12.4 Å². The molecule has 1 aromatic rings. The molecule has 0 aromatic carbocycles. The largest absolute Gasteiger partial charge is 0.473 e. The first-order valence-electron chi connectivity index (χ1n) is 6.73. The average Bonchev–Trinajstić information content (AvgIpc) is 2.45. The predicted molar refractivity (Wildman–Crippen MR) is 78.5 cm³/mol. The number of halogens is 1. The van der Waals surface area contributed by atoms with Gasteiger partial charge in [-0.05, 0) is 38.3 Å². The van der Waals surface area contributed by atoms with Gasteiger partial charge < -0.3 is 10.1 Å². The number of hydrogen-bond donors (Lipinski definition) is 1. The molecule has 0 amide bonds. The van der Waals surface area contributed by atoms with E-state index < -0.39 is 4.92 Å². The molecule has 112 valence electrons. The van der Waals surface area contributed by atoms with Gasteiger partial charge >= 0.3 is 5.69 Å². The number of hydrogen-bond acceptors (Lipinski definition) is 5. The maximum atomic E-state index is 10.8. The summed E-state index contributed by atoms with van der Waals surface area (Å²) in [5.41, 5.74) is -0.0710. The average molecular weight is 302 g/mol. The molecule has 6 nitrogen and oxygen atoms in total. The Morgan fingerprint density at radius 1 is 1.50 bits per heavy atom. The molecule has 1 fully saturated rings. The first-order valence-corrected chi connectivity index (χ1v) is 6.73. The summed E-state index contributed by atoms with van der Waals surface area (Å²) in [6.07, 6.45) is 7.18. The Morgan fingerprint density at radius 3 is 3.05 bits per heavy atom. The Kier molecular flexibility index (Phi) is 7.25. The first-order chi connectivity index (χ1) is 9.27. The van der Waals surface area contributed by atoms with Gasteiger partial charge in [-0.15, -0.1) is 12.4 Å². The fourth-order valence-electron chi connectivity index (χ4n) is 2.30. The number of aromatic nitrogens is 1. The van der Waals surface area contributed by atoms with E-state index in [9.17, 15) is 10.1 Å². The molecule has 0 saturated carbocycles. The highest BCUT2D eigenvalue weighted by molar-refractivity contribution is 5.85. The van der Waals surface area contributed by atoms with E-state index in [1.807, 2.05) is 0 Å². The molecule has 1 aromatic heterocycles. The van der Waals surface area contributed by atoms with Gasteiger partial charge in [-0.25, -0.2) is 4.98 Å². The standard InChI is InChI=1S/C13H19N3O3.ClH/c17-16(18)12-7-3-9-15-13(12)19-10-4-6-11-5-1-2-8-14-11;/h3,7,9,11,14H,1-2,4-6,8,10H2;1H. The lowest BCUT2D eigenvalue weighted by Gasteiger charge is -2.23. The van der Waals surface area contributed by atoms with E-state index in [0.29, 0.717) is 12.6 Å². The van der Waals surface area contributed by atoms with Crippen LogP contribution in [0.5, 0.6) is 5.88 Å². The van der Waals surface area contributed by atoms with Crippen LogP contribution < -0.4 is 10.1 Å². The Morgan fingerprint density at radius 2 is 2.35 bits per heavy atom. The maximum Gasteiger partial charge on any atom is 0.330 e. The van der Waals surface area contributed by atoms with Gasteiger partial charge in [0.25, 0.3) is 5.88 Å². The molecule has 1 saturated heterocycles. The van der Waals surface area contributed by atoms with Crippen LogP contribution in [-0.4, -0.2) is 29.1 Å². The summed E-state index contributed by atoms with van der Waals surface area (Å²) in [6, 6.07) is 3.51. The fourth-order valence-corrected chi connectivity index (χ4v) is 2.30. The lowest BCUT2D eigenvalue weighted by atomic mass is 10.0. The molecule has 7 heteroatoms. The van der Waals surface area contributed by atoms with Crippen molar-refractivity contribution in [3.05, 3.63) is 28.4 Å². The van der Waals surface area contributed by atoms with E-state index >= 15 is 0 Å². The van der Waals surface area contributed by atoms with Crippen LogP contribution in [0, 0.1) is 10.1 Å². The van der Waals surface area contributed by atoms with Crippen LogP contribution in [0.25, 0.3) is 0 Å². The highest BCUT2D eigenvalue weighted by Gasteiger charge is 2.16. The molecular weight excluding hydrogens is 282 g/mol. The highest BCUT2D eigenvalue weighted by atomic mass is 35.5. The van der Waals surface area contributed by atoms with Gasteiger partial charge in [-0.3, -0.25) is 10.1 Å². The van der Waals surface area contributed by atoms with Crippen molar-refractivity contribution in [1.82, 2.24) is 10.3 Å². The molecule has 1 unspecified atom stereocenters. The fraction of sp³-hybridized carbons (Fsp3) is 0.615. The van der Waals surface area contributed by atoms with Crippen molar-refractivity contribution in [3.8, 4) is 5.88 Å². The molecule has 2 rings (SSSR count). The molecular formula is C13H20ClN3O3. The Labute approximate surface area is 124 Å². The van der Waals surface area contributed by atoms with Gasteiger partial charge in [0.1, 0.15) is 0 Å². The molecule has 0 aliphatic carbocycles. The predicted octanol–water partition coefficient (Wildman–Crippen LogP) is 2.71. The van der Waals surface area contributed by atoms with Crippen molar-refractivity contribution in [2.75, 3.05) is 13.2 Å². The van der Waals surface area contributed by atoms with Gasteiger partial charge in [0.05, 0.1) is 11.5 Å². The van der Waals surface area contributed by atoms with Gasteiger partial charge in [0, 0.05) is 18.3 Å². The minimum absolute atomic E-state index is 0. The molecule has 1 aliphatic rings. The van der Waals surface area contributed by atoms with E-state index in [2.05, 4.69) is 10.3 Å². The van der Waals surface area contributed by atoms with Crippen LogP contribution in [0.3, 0.4) is 0 Å². The number of ether oxygens (including phenoxy) is 1. The maximum absolute atomic E-state index is 10.8. The monoisotopic (exact) mass is 301 g/mol. The molecule has 0 spiro atoms. The minimum Gasteiger partial charge on any atom is -0.473 e. The number of piperidine rings is 1. The van der Waals surface area contributed by atoms with Crippen LogP contribution in [-0.2, 0) is 0 Å².